The molecule has 4 atom stereocenters. The molecule has 2 unspecified atom stereocenters. The minimum Gasteiger partial charge on any atom is -0.369 e. The Bertz CT molecular complexity index is 475. The minimum atomic E-state index is 0.628. The predicted octanol–water partition coefficient (Wildman–Crippen LogP) is 7.54. The van der Waals surface area contributed by atoms with Gasteiger partial charge in [-0.3, -0.25) is 0 Å². The lowest BCUT2D eigenvalue weighted by atomic mass is 9.73. The Kier molecular flexibility index (Phi) is 7.12. The standard InChI is InChI=1S/C28H48O2/c1-3-5-19-7-11-21(12-8-19)25-27(29-25)23-15-17-24(18-16-23)28-26(30-28)22-13-9-20(6-4-2)10-14-22/h19-28H,3-18H2,1-2H3/t19?,20?,21?,22?,23?,24?,25-,26?,27-,28?/m0/s1. The van der Waals surface area contributed by atoms with Crippen molar-refractivity contribution in [2.75, 3.05) is 0 Å². The fraction of sp³-hybridized carbons (Fsp3) is 1.00. The maximum Gasteiger partial charge on any atom is 0.0872 e. The summed E-state index contributed by atoms with van der Waals surface area (Å²) < 4.78 is 12.6. The van der Waals surface area contributed by atoms with E-state index in [4.69, 9.17) is 9.47 Å². The topological polar surface area (TPSA) is 25.1 Å². The van der Waals surface area contributed by atoms with Crippen LogP contribution >= 0.6 is 0 Å². The van der Waals surface area contributed by atoms with Gasteiger partial charge in [0.1, 0.15) is 0 Å². The predicted molar refractivity (Wildman–Crippen MR) is 123 cm³/mol. The van der Waals surface area contributed by atoms with Crippen LogP contribution in [0.1, 0.15) is 117 Å². The molecule has 0 aromatic heterocycles. The first-order chi connectivity index (χ1) is 14.8. The van der Waals surface area contributed by atoms with Gasteiger partial charge in [0.05, 0.1) is 24.4 Å². The number of ether oxygens (including phenoxy) is 2. The zero-order chi connectivity index (χ0) is 20.5. The molecule has 5 rings (SSSR count). The van der Waals surface area contributed by atoms with Crippen LogP contribution in [0.4, 0.5) is 0 Å². The van der Waals surface area contributed by atoms with Crippen LogP contribution in [-0.2, 0) is 9.47 Å². The molecule has 0 aromatic rings. The number of epoxide rings is 2. The van der Waals surface area contributed by atoms with Crippen LogP contribution in [0.15, 0.2) is 0 Å². The van der Waals surface area contributed by atoms with E-state index in [2.05, 4.69) is 13.8 Å². The van der Waals surface area contributed by atoms with Gasteiger partial charge in [0.2, 0.25) is 0 Å². The van der Waals surface area contributed by atoms with Gasteiger partial charge in [0.25, 0.3) is 0 Å². The van der Waals surface area contributed by atoms with E-state index in [9.17, 15) is 0 Å². The summed E-state index contributed by atoms with van der Waals surface area (Å²) in [5.41, 5.74) is 0. The van der Waals surface area contributed by atoms with Crippen molar-refractivity contribution in [3.63, 3.8) is 0 Å². The Morgan fingerprint density at radius 1 is 0.433 bits per heavy atom. The summed E-state index contributed by atoms with van der Waals surface area (Å²) in [5.74, 6) is 5.54. The molecule has 0 amide bonds. The van der Waals surface area contributed by atoms with E-state index < -0.39 is 0 Å². The Morgan fingerprint density at radius 3 is 0.967 bits per heavy atom. The summed E-state index contributed by atoms with van der Waals surface area (Å²) in [6.07, 6.45) is 25.5. The Morgan fingerprint density at radius 2 is 0.700 bits per heavy atom. The lowest BCUT2D eigenvalue weighted by Gasteiger charge is -2.30. The molecule has 0 bridgehead atoms. The van der Waals surface area contributed by atoms with Crippen molar-refractivity contribution in [3.05, 3.63) is 0 Å². The first-order valence-corrected chi connectivity index (χ1v) is 14.1. The van der Waals surface area contributed by atoms with Crippen LogP contribution < -0.4 is 0 Å². The van der Waals surface area contributed by atoms with Crippen molar-refractivity contribution in [3.8, 4) is 0 Å². The summed E-state index contributed by atoms with van der Waals surface area (Å²) in [6, 6.07) is 0. The van der Waals surface area contributed by atoms with Gasteiger partial charge >= 0.3 is 0 Å². The van der Waals surface area contributed by atoms with E-state index in [1.165, 1.54) is 103 Å². The zero-order valence-electron chi connectivity index (χ0n) is 19.9. The second-order valence-electron chi connectivity index (χ2n) is 11.9. The summed E-state index contributed by atoms with van der Waals surface area (Å²) in [6.45, 7) is 4.69. The van der Waals surface area contributed by atoms with E-state index in [1.54, 1.807) is 0 Å². The Labute approximate surface area is 186 Å². The molecular formula is C28H48O2. The maximum atomic E-state index is 6.32. The number of rotatable bonds is 8. The molecule has 0 spiro atoms. The zero-order valence-corrected chi connectivity index (χ0v) is 19.9. The molecule has 172 valence electrons. The quantitative estimate of drug-likeness (QED) is 0.382. The van der Waals surface area contributed by atoms with Gasteiger partial charge in [-0.05, 0) is 86.9 Å². The second-order valence-corrected chi connectivity index (χ2v) is 11.9. The Hall–Kier alpha value is -0.0800. The largest absolute Gasteiger partial charge is 0.369 e. The van der Waals surface area contributed by atoms with Crippen molar-refractivity contribution >= 4 is 0 Å². The molecule has 2 nitrogen and oxygen atoms in total. The van der Waals surface area contributed by atoms with Gasteiger partial charge < -0.3 is 9.47 Å². The fourth-order valence-electron chi connectivity index (χ4n) is 8.02. The van der Waals surface area contributed by atoms with E-state index in [-0.39, 0.29) is 0 Å². The fourth-order valence-corrected chi connectivity index (χ4v) is 8.02. The van der Waals surface area contributed by atoms with Gasteiger partial charge in [-0.1, -0.05) is 65.2 Å². The lowest BCUT2D eigenvalue weighted by Crippen LogP contribution is -2.27. The molecule has 0 radical (unpaired) electrons. The van der Waals surface area contributed by atoms with Crippen LogP contribution in [0.25, 0.3) is 0 Å². The highest BCUT2D eigenvalue weighted by Crippen LogP contribution is 2.51. The first kappa shape index (κ1) is 21.7. The third-order valence-corrected chi connectivity index (χ3v) is 9.97. The van der Waals surface area contributed by atoms with Gasteiger partial charge in [-0.25, -0.2) is 0 Å². The van der Waals surface area contributed by atoms with Gasteiger partial charge in [0.15, 0.2) is 0 Å². The molecule has 30 heavy (non-hydrogen) atoms. The highest BCUT2D eigenvalue weighted by atomic mass is 16.6. The second kappa shape index (κ2) is 9.82. The lowest BCUT2D eigenvalue weighted by molar-refractivity contribution is 0.188. The first-order valence-electron chi connectivity index (χ1n) is 14.1. The van der Waals surface area contributed by atoms with Crippen molar-refractivity contribution in [2.45, 2.75) is 141 Å². The Balaban J connectivity index is 0.997. The summed E-state index contributed by atoms with van der Waals surface area (Å²) >= 11 is 0. The molecule has 3 aliphatic carbocycles. The van der Waals surface area contributed by atoms with Crippen molar-refractivity contribution in [1.29, 1.82) is 0 Å². The summed E-state index contributed by atoms with van der Waals surface area (Å²) in [5, 5.41) is 0. The maximum absolute atomic E-state index is 6.32. The van der Waals surface area contributed by atoms with Crippen molar-refractivity contribution in [2.24, 2.45) is 35.5 Å². The molecule has 3 saturated carbocycles. The summed E-state index contributed by atoms with van der Waals surface area (Å²) in [7, 11) is 0. The monoisotopic (exact) mass is 416 g/mol. The van der Waals surface area contributed by atoms with Gasteiger partial charge in [-0.15, -0.1) is 0 Å². The smallest absolute Gasteiger partial charge is 0.0872 e. The van der Waals surface area contributed by atoms with Crippen molar-refractivity contribution in [1.82, 2.24) is 0 Å². The SMILES string of the molecule is CCCC1CCC(C2OC2C2CCC([C@@H]3O[C@H]3C3CCC(CCC)CC3)CC2)CC1. The molecule has 0 N–H and O–H groups in total. The number of hydrogen-bond donors (Lipinski definition) is 0. The normalized spacial score (nSPS) is 49.0. The van der Waals surface area contributed by atoms with Crippen LogP contribution in [0.3, 0.4) is 0 Å². The van der Waals surface area contributed by atoms with E-state index >= 15 is 0 Å². The molecule has 2 saturated heterocycles. The molecular weight excluding hydrogens is 368 g/mol. The van der Waals surface area contributed by atoms with Gasteiger partial charge in [0, 0.05) is 0 Å². The molecule has 5 fully saturated rings. The highest BCUT2D eigenvalue weighted by molar-refractivity contribution is 5.01. The average molecular weight is 417 g/mol. The third kappa shape index (κ3) is 4.95. The third-order valence-electron chi connectivity index (χ3n) is 9.97. The van der Waals surface area contributed by atoms with Crippen molar-refractivity contribution < 1.29 is 9.47 Å². The van der Waals surface area contributed by atoms with Crippen LogP contribution in [-0.4, -0.2) is 24.4 Å². The van der Waals surface area contributed by atoms with Crippen LogP contribution in [0.5, 0.6) is 0 Å². The van der Waals surface area contributed by atoms with Crippen LogP contribution in [0, 0.1) is 35.5 Å². The molecule has 2 aliphatic heterocycles. The van der Waals surface area contributed by atoms with E-state index in [1.807, 2.05) is 0 Å². The molecule has 2 heteroatoms. The van der Waals surface area contributed by atoms with E-state index in [0.29, 0.717) is 24.4 Å². The number of hydrogen-bond acceptors (Lipinski definition) is 2. The van der Waals surface area contributed by atoms with Crippen LogP contribution in [0.2, 0.25) is 0 Å². The van der Waals surface area contributed by atoms with E-state index in [0.717, 1.165) is 35.5 Å². The molecule has 2 heterocycles. The van der Waals surface area contributed by atoms with Gasteiger partial charge in [-0.2, -0.15) is 0 Å². The minimum absolute atomic E-state index is 0.628. The highest BCUT2D eigenvalue weighted by Gasteiger charge is 2.53. The molecule has 5 aliphatic rings. The summed E-state index contributed by atoms with van der Waals surface area (Å²) in [4.78, 5) is 0. The molecule has 0 aromatic carbocycles. The average Bonchev–Trinajstić information content (AvgIpc) is 3.69.